The van der Waals surface area contributed by atoms with Gasteiger partial charge in [-0.1, -0.05) is 11.6 Å². The summed E-state index contributed by atoms with van der Waals surface area (Å²) < 4.78 is 35.5. The number of halogens is 3. The first-order valence-electron chi connectivity index (χ1n) is 9.72. The normalized spacial score (nSPS) is 11.1. The minimum absolute atomic E-state index is 0.0603. The molecule has 0 atom stereocenters. The summed E-state index contributed by atoms with van der Waals surface area (Å²) in [5.41, 5.74) is -0.0974. The number of alkyl halides is 1. The molecule has 32 heavy (non-hydrogen) atoms. The summed E-state index contributed by atoms with van der Waals surface area (Å²) >= 11 is 6.06. The molecule has 0 saturated heterocycles. The largest absolute Gasteiger partial charge is 0.474 e. The van der Waals surface area contributed by atoms with Crippen LogP contribution >= 0.6 is 11.6 Å². The number of hydrogen-bond donors (Lipinski definition) is 1. The van der Waals surface area contributed by atoms with Gasteiger partial charge in [0.1, 0.15) is 12.2 Å². The highest BCUT2D eigenvalue weighted by atomic mass is 35.5. The van der Waals surface area contributed by atoms with E-state index in [-0.39, 0.29) is 34.7 Å². The maximum absolute atomic E-state index is 15.0. The van der Waals surface area contributed by atoms with Gasteiger partial charge in [0.15, 0.2) is 22.6 Å². The first kappa shape index (κ1) is 23.3. The number of nitrogens with zero attached hydrogens (tertiary/aromatic N) is 5. The lowest BCUT2D eigenvalue weighted by atomic mass is 10.2. The van der Waals surface area contributed by atoms with Crippen molar-refractivity contribution < 1.29 is 18.3 Å². The number of pyridine rings is 2. The smallest absolute Gasteiger partial charge is 0.352 e. The SMILES string of the molecule is CCn1c(CF)nn(-c2nc(OC(C)C)c(C(=O)Nc3c(C)ccnc3Cl)cc2F)c1=O. The van der Waals surface area contributed by atoms with Crippen molar-refractivity contribution in [1.82, 2.24) is 24.3 Å². The Balaban J connectivity index is 2.11. The van der Waals surface area contributed by atoms with Gasteiger partial charge in [-0.05, 0) is 45.4 Å². The Morgan fingerprint density at radius 2 is 2.09 bits per heavy atom. The lowest BCUT2D eigenvalue weighted by Crippen LogP contribution is -2.26. The highest BCUT2D eigenvalue weighted by Gasteiger charge is 2.24. The number of hydrogen-bond acceptors (Lipinski definition) is 6. The van der Waals surface area contributed by atoms with E-state index < -0.39 is 36.0 Å². The Labute approximate surface area is 187 Å². The third-order valence-corrected chi connectivity index (χ3v) is 4.73. The van der Waals surface area contributed by atoms with Crippen LogP contribution in [0.3, 0.4) is 0 Å². The summed E-state index contributed by atoms with van der Waals surface area (Å²) in [6.07, 6.45) is 1.05. The van der Waals surface area contributed by atoms with E-state index in [1.165, 1.54) is 6.20 Å². The molecule has 0 radical (unpaired) electrons. The number of rotatable bonds is 7. The third kappa shape index (κ3) is 4.47. The van der Waals surface area contributed by atoms with Crippen molar-refractivity contribution in [3.8, 4) is 11.7 Å². The van der Waals surface area contributed by atoms with Crippen LogP contribution in [0.4, 0.5) is 14.5 Å². The second-order valence-corrected chi connectivity index (χ2v) is 7.41. The molecule has 170 valence electrons. The Hall–Kier alpha value is -3.34. The topological polar surface area (TPSA) is 104 Å². The summed E-state index contributed by atoms with van der Waals surface area (Å²) in [6.45, 7) is 5.85. The minimum atomic E-state index is -1.02. The van der Waals surface area contributed by atoms with Gasteiger partial charge >= 0.3 is 5.69 Å². The molecule has 0 aromatic carbocycles. The monoisotopic (exact) mass is 466 g/mol. The van der Waals surface area contributed by atoms with Gasteiger partial charge < -0.3 is 10.1 Å². The van der Waals surface area contributed by atoms with Crippen LogP contribution in [0.15, 0.2) is 23.1 Å². The van der Waals surface area contributed by atoms with Crippen molar-refractivity contribution in [2.24, 2.45) is 0 Å². The first-order chi connectivity index (χ1) is 15.2. The van der Waals surface area contributed by atoms with E-state index in [2.05, 4.69) is 20.4 Å². The van der Waals surface area contributed by atoms with Gasteiger partial charge in [0, 0.05) is 12.7 Å². The van der Waals surface area contributed by atoms with Gasteiger partial charge in [0.25, 0.3) is 5.91 Å². The van der Waals surface area contributed by atoms with Crippen LogP contribution in [0.1, 0.15) is 42.5 Å². The number of nitrogens with one attached hydrogen (secondary N) is 1. The van der Waals surface area contributed by atoms with Crippen LogP contribution in [0, 0.1) is 12.7 Å². The number of carbonyl (C=O) groups excluding carboxylic acids is 1. The second-order valence-electron chi connectivity index (χ2n) is 7.05. The van der Waals surface area contributed by atoms with Crippen molar-refractivity contribution in [2.75, 3.05) is 5.32 Å². The first-order valence-corrected chi connectivity index (χ1v) is 10.1. The fourth-order valence-corrected chi connectivity index (χ4v) is 3.19. The number of anilines is 1. The average Bonchev–Trinajstić information content (AvgIpc) is 3.06. The molecule has 0 saturated carbocycles. The van der Waals surface area contributed by atoms with Crippen molar-refractivity contribution >= 4 is 23.2 Å². The predicted molar refractivity (Wildman–Crippen MR) is 114 cm³/mol. The van der Waals surface area contributed by atoms with Crippen molar-refractivity contribution in [2.45, 2.75) is 47.0 Å². The summed E-state index contributed by atoms with van der Waals surface area (Å²) in [5.74, 6) is -2.68. The van der Waals surface area contributed by atoms with Crippen LogP contribution in [0.25, 0.3) is 5.82 Å². The number of aryl methyl sites for hydroxylation is 1. The van der Waals surface area contributed by atoms with Gasteiger partial charge in [-0.15, -0.1) is 5.10 Å². The Kier molecular flexibility index (Phi) is 6.87. The molecule has 0 unspecified atom stereocenters. The zero-order chi connectivity index (χ0) is 23.6. The molecule has 0 fully saturated rings. The van der Waals surface area contributed by atoms with Gasteiger partial charge in [-0.3, -0.25) is 9.36 Å². The highest BCUT2D eigenvalue weighted by Crippen LogP contribution is 2.27. The second kappa shape index (κ2) is 9.43. The lowest BCUT2D eigenvalue weighted by molar-refractivity contribution is 0.101. The van der Waals surface area contributed by atoms with E-state index in [4.69, 9.17) is 16.3 Å². The van der Waals surface area contributed by atoms with E-state index >= 15 is 4.39 Å². The van der Waals surface area contributed by atoms with Gasteiger partial charge in [0.2, 0.25) is 5.88 Å². The molecule has 9 nitrogen and oxygen atoms in total. The van der Waals surface area contributed by atoms with Crippen LogP contribution in [0.5, 0.6) is 5.88 Å². The standard InChI is InChI=1S/C20H21ClF2N6O3/c1-5-28-14(9-22)27-29(20(28)31)17-13(23)8-12(19(26-17)32-10(2)3)18(30)25-15-11(4)6-7-24-16(15)21/h6-8,10H,5,9H2,1-4H3,(H,25,30). The Bertz CT molecular complexity index is 1200. The molecule has 3 heterocycles. The quantitative estimate of drug-likeness (QED) is 0.535. The third-order valence-electron chi connectivity index (χ3n) is 4.44. The van der Waals surface area contributed by atoms with E-state index in [0.717, 1.165) is 10.6 Å². The van der Waals surface area contributed by atoms with Crippen LogP contribution < -0.4 is 15.7 Å². The lowest BCUT2D eigenvalue weighted by Gasteiger charge is -2.15. The fourth-order valence-electron chi connectivity index (χ4n) is 2.93. The number of amides is 1. The molecule has 0 aliphatic carbocycles. The summed E-state index contributed by atoms with van der Waals surface area (Å²) in [5, 5.41) is 6.46. The zero-order valence-corrected chi connectivity index (χ0v) is 18.6. The van der Waals surface area contributed by atoms with E-state index in [0.29, 0.717) is 10.2 Å². The number of ether oxygens (including phenoxy) is 1. The number of aromatic nitrogens is 5. The minimum Gasteiger partial charge on any atom is -0.474 e. The van der Waals surface area contributed by atoms with E-state index in [1.807, 2.05) is 0 Å². The molecular formula is C20H21ClF2N6O3. The molecule has 3 rings (SSSR count). The fraction of sp³-hybridized carbons (Fsp3) is 0.350. The molecule has 0 spiro atoms. The van der Waals surface area contributed by atoms with Gasteiger partial charge in [-0.2, -0.15) is 9.67 Å². The summed E-state index contributed by atoms with van der Waals surface area (Å²) in [4.78, 5) is 33.4. The van der Waals surface area contributed by atoms with Crippen LogP contribution in [-0.2, 0) is 13.2 Å². The molecule has 0 bridgehead atoms. The maximum Gasteiger partial charge on any atom is 0.352 e. The molecule has 0 aliphatic rings. The van der Waals surface area contributed by atoms with Crippen molar-refractivity contribution in [1.29, 1.82) is 0 Å². The molecular weight excluding hydrogens is 446 g/mol. The molecule has 3 aromatic heterocycles. The average molecular weight is 467 g/mol. The molecule has 3 aromatic rings. The van der Waals surface area contributed by atoms with E-state index in [1.54, 1.807) is 33.8 Å². The Morgan fingerprint density at radius 1 is 1.38 bits per heavy atom. The van der Waals surface area contributed by atoms with Crippen LogP contribution in [0.2, 0.25) is 5.15 Å². The number of carbonyl (C=O) groups is 1. The van der Waals surface area contributed by atoms with Crippen LogP contribution in [-0.4, -0.2) is 36.3 Å². The van der Waals surface area contributed by atoms with Crippen molar-refractivity contribution in [3.05, 3.63) is 56.7 Å². The Morgan fingerprint density at radius 3 is 2.66 bits per heavy atom. The molecule has 0 aliphatic heterocycles. The molecule has 12 heteroatoms. The van der Waals surface area contributed by atoms with E-state index in [9.17, 15) is 14.0 Å². The highest BCUT2D eigenvalue weighted by molar-refractivity contribution is 6.32. The summed E-state index contributed by atoms with van der Waals surface area (Å²) in [6, 6.07) is 2.52. The maximum atomic E-state index is 15.0. The van der Waals surface area contributed by atoms with Crippen molar-refractivity contribution in [3.63, 3.8) is 0 Å². The predicted octanol–water partition coefficient (Wildman–Crippen LogP) is 3.45. The van der Waals surface area contributed by atoms with Gasteiger partial charge in [0.05, 0.1) is 11.8 Å². The molecule has 1 N–H and O–H groups in total. The van der Waals surface area contributed by atoms with Gasteiger partial charge in [-0.25, -0.2) is 18.6 Å². The molecule has 1 amide bonds. The zero-order valence-electron chi connectivity index (χ0n) is 17.8. The summed E-state index contributed by atoms with van der Waals surface area (Å²) in [7, 11) is 0.